The number of benzene rings is 2. The Balaban J connectivity index is 1.57. The van der Waals surface area contributed by atoms with E-state index >= 15 is 0 Å². The van der Waals surface area contributed by atoms with Gasteiger partial charge in [0.15, 0.2) is 18.1 Å². The largest absolute Gasteiger partial charge is 0.504 e. The normalized spacial score (nSPS) is 15.9. The number of aryl methyl sites for hydroxylation is 1. The SMILES string of the molecule is O=C(COC(=O)c1ccc(O)c(O)c1)NC1CCCc2ccccc21. The molecule has 1 amide bonds. The van der Waals surface area contributed by atoms with Crippen molar-refractivity contribution in [1.82, 2.24) is 5.32 Å². The van der Waals surface area contributed by atoms with Gasteiger partial charge in [0.25, 0.3) is 5.91 Å². The second kappa shape index (κ2) is 7.25. The molecule has 0 bridgehead atoms. The first-order valence-electron chi connectivity index (χ1n) is 8.11. The van der Waals surface area contributed by atoms with E-state index in [1.807, 2.05) is 18.2 Å². The number of fused-ring (bicyclic) bond motifs is 1. The van der Waals surface area contributed by atoms with E-state index in [9.17, 15) is 19.8 Å². The van der Waals surface area contributed by atoms with Gasteiger partial charge in [-0.05, 0) is 48.6 Å². The summed E-state index contributed by atoms with van der Waals surface area (Å²) in [7, 11) is 0. The topological polar surface area (TPSA) is 95.9 Å². The van der Waals surface area contributed by atoms with Crippen molar-refractivity contribution in [3.05, 3.63) is 59.2 Å². The number of carbonyl (C=O) groups excluding carboxylic acids is 2. The van der Waals surface area contributed by atoms with Crippen LogP contribution in [0, 0.1) is 0 Å². The monoisotopic (exact) mass is 341 g/mol. The number of hydrogen-bond donors (Lipinski definition) is 3. The number of amides is 1. The number of esters is 1. The lowest BCUT2D eigenvalue weighted by molar-refractivity contribution is -0.125. The van der Waals surface area contributed by atoms with Crippen molar-refractivity contribution in [2.24, 2.45) is 0 Å². The quantitative estimate of drug-likeness (QED) is 0.586. The van der Waals surface area contributed by atoms with Crippen molar-refractivity contribution in [3.63, 3.8) is 0 Å². The number of nitrogens with one attached hydrogen (secondary N) is 1. The first-order chi connectivity index (χ1) is 12.0. The van der Waals surface area contributed by atoms with Crippen LogP contribution in [0.5, 0.6) is 11.5 Å². The van der Waals surface area contributed by atoms with Crippen LogP contribution >= 0.6 is 0 Å². The fourth-order valence-corrected chi connectivity index (χ4v) is 3.00. The summed E-state index contributed by atoms with van der Waals surface area (Å²) in [6.07, 6.45) is 2.85. The van der Waals surface area contributed by atoms with E-state index < -0.39 is 18.3 Å². The first kappa shape index (κ1) is 16.8. The molecule has 1 unspecified atom stereocenters. The Labute approximate surface area is 145 Å². The van der Waals surface area contributed by atoms with E-state index in [1.54, 1.807) is 0 Å². The van der Waals surface area contributed by atoms with Crippen LogP contribution in [0.4, 0.5) is 0 Å². The second-order valence-electron chi connectivity index (χ2n) is 5.99. The molecule has 1 aliphatic carbocycles. The van der Waals surface area contributed by atoms with E-state index in [0.717, 1.165) is 30.9 Å². The smallest absolute Gasteiger partial charge is 0.338 e. The minimum Gasteiger partial charge on any atom is -0.504 e. The van der Waals surface area contributed by atoms with E-state index in [4.69, 9.17) is 4.74 Å². The second-order valence-corrected chi connectivity index (χ2v) is 5.99. The van der Waals surface area contributed by atoms with Crippen molar-refractivity contribution >= 4 is 11.9 Å². The lowest BCUT2D eigenvalue weighted by atomic mass is 9.88. The van der Waals surface area contributed by atoms with Crippen LogP contribution in [0.2, 0.25) is 0 Å². The fraction of sp³-hybridized carbons (Fsp3) is 0.263. The van der Waals surface area contributed by atoms with Gasteiger partial charge in [0.05, 0.1) is 11.6 Å². The molecule has 2 aromatic carbocycles. The molecular formula is C19H19NO5. The Morgan fingerprint density at radius 2 is 1.92 bits per heavy atom. The Morgan fingerprint density at radius 3 is 2.72 bits per heavy atom. The van der Waals surface area contributed by atoms with Crippen LogP contribution in [0.3, 0.4) is 0 Å². The number of phenols is 2. The van der Waals surface area contributed by atoms with E-state index in [0.29, 0.717) is 0 Å². The van der Waals surface area contributed by atoms with Gasteiger partial charge in [0, 0.05) is 0 Å². The van der Waals surface area contributed by atoms with E-state index in [2.05, 4.69) is 11.4 Å². The van der Waals surface area contributed by atoms with Gasteiger partial charge in [-0.15, -0.1) is 0 Å². The van der Waals surface area contributed by atoms with Gasteiger partial charge < -0.3 is 20.3 Å². The van der Waals surface area contributed by atoms with Gasteiger partial charge in [0.2, 0.25) is 0 Å². The van der Waals surface area contributed by atoms with Crippen LogP contribution in [0.1, 0.15) is 40.4 Å². The van der Waals surface area contributed by atoms with Gasteiger partial charge in [-0.2, -0.15) is 0 Å². The summed E-state index contributed by atoms with van der Waals surface area (Å²) >= 11 is 0. The standard InChI is InChI=1S/C19H19NO5/c21-16-9-8-13(10-17(16)22)19(24)25-11-18(23)20-15-7-3-5-12-4-1-2-6-14(12)15/h1-2,4,6,8-10,15,21-22H,3,5,7,11H2,(H,20,23). The van der Waals surface area contributed by atoms with Crippen LogP contribution in [0.15, 0.2) is 42.5 Å². The van der Waals surface area contributed by atoms with Crippen molar-refractivity contribution in [2.45, 2.75) is 25.3 Å². The van der Waals surface area contributed by atoms with Crippen molar-refractivity contribution in [1.29, 1.82) is 0 Å². The van der Waals surface area contributed by atoms with Crippen LogP contribution in [0.25, 0.3) is 0 Å². The summed E-state index contributed by atoms with van der Waals surface area (Å²) in [6.45, 7) is -0.404. The lowest BCUT2D eigenvalue weighted by Crippen LogP contribution is -2.34. The lowest BCUT2D eigenvalue weighted by Gasteiger charge is -2.26. The molecule has 3 rings (SSSR count). The number of phenolic OH excluding ortho intramolecular Hbond substituents is 2. The Hall–Kier alpha value is -3.02. The summed E-state index contributed by atoms with van der Waals surface area (Å²) in [5.74, 6) is -1.87. The van der Waals surface area contributed by atoms with Crippen molar-refractivity contribution in [2.75, 3.05) is 6.61 Å². The first-order valence-corrected chi connectivity index (χ1v) is 8.11. The maximum absolute atomic E-state index is 12.1. The molecule has 0 aliphatic heterocycles. The number of hydrogen-bond acceptors (Lipinski definition) is 5. The third-order valence-electron chi connectivity index (χ3n) is 4.25. The molecular weight excluding hydrogens is 322 g/mol. The maximum Gasteiger partial charge on any atom is 0.338 e. The predicted octanol–water partition coefficient (Wildman–Crippen LogP) is 2.45. The van der Waals surface area contributed by atoms with Gasteiger partial charge >= 0.3 is 5.97 Å². The number of carbonyl (C=O) groups is 2. The molecule has 3 N–H and O–H groups in total. The predicted molar refractivity (Wildman–Crippen MR) is 90.3 cm³/mol. The Bertz CT molecular complexity index is 802. The number of aromatic hydroxyl groups is 2. The molecule has 6 nitrogen and oxygen atoms in total. The van der Waals surface area contributed by atoms with Crippen molar-refractivity contribution < 1.29 is 24.5 Å². The molecule has 0 spiro atoms. The molecule has 0 radical (unpaired) electrons. The summed E-state index contributed by atoms with van der Waals surface area (Å²) < 4.78 is 4.97. The van der Waals surface area contributed by atoms with Gasteiger partial charge in [-0.25, -0.2) is 4.79 Å². The molecule has 0 aromatic heterocycles. The molecule has 130 valence electrons. The zero-order valence-corrected chi connectivity index (χ0v) is 13.6. The average molecular weight is 341 g/mol. The van der Waals surface area contributed by atoms with Gasteiger partial charge in [0.1, 0.15) is 0 Å². The third-order valence-corrected chi connectivity index (χ3v) is 4.25. The molecule has 0 fully saturated rings. The maximum atomic E-state index is 12.1. The number of ether oxygens (including phenoxy) is 1. The molecule has 0 saturated heterocycles. The molecule has 2 aromatic rings. The van der Waals surface area contributed by atoms with E-state index in [-0.39, 0.29) is 23.3 Å². The highest BCUT2D eigenvalue weighted by Gasteiger charge is 2.22. The molecule has 6 heteroatoms. The highest BCUT2D eigenvalue weighted by atomic mass is 16.5. The Kier molecular flexibility index (Phi) is 4.88. The van der Waals surface area contributed by atoms with Gasteiger partial charge in [-0.3, -0.25) is 4.79 Å². The van der Waals surface area contributed by atoms with Crippen LogP contribution in [-0.4, -0.2) is 28.7 Å². The van der Waals surface area contributed by atoms with Crippen LogP contribution in [-0.2, 0) is 16.0 Å². The highest BCUT2D eigenvalue weighted by Crippen LogP contribution is 2.29. The molecule has 0 heterocycles. The molecule has 0 saturated carbocycles. The minimum absolute atomic E-state index is 0.0612. The molecule has 25 heavy (non-hydrogen) atoms. The average Bonchev–Trinajstić information content (AvgIpc) is 2.62. The zero-order chi connectivity index (χ0) is 17.8. The van der Waals surface area contributed by atoms with Crippen LogP contribution < -0.4 is 5.32 Å². The molecule has 1 atom stereocenters. The Morgan fingerprint density at radius 1 is 1.12 bits per heavy atom. The molecule has 1 aliphatic rings. The fourth-order valence-electron chi connectivity index (χ4n) is 3.00. The summed E-state index contributed by atoms with van der Waals surface area (Å²) in [4.78, 5) is 24.0. The highest BCUT2D eigenvalue weighted by molar-refractivity contribution is 5.92. The number of rotatable bonds is 4. The zero-order valence-electron chi connectivity index (χ0n) is 13.6. The van der Waals surface area contributed by atoms with E-state index in [1.165, 1.54) is 17.7 Å². The third kappa shape index (κ3) is 3.91. The summed E-state index contributed by atoms with van der Waals surface area (Å²) in [6, 6.07) is 11.5. The van der Waals surface area contributed by atoms with Crippen molar-refractivity contribution in [3.8, 4) is 11.5 Å². The minimum atomic E-state index is -0.741. The summed E-state index contributed by atoms with van der Waals surface area (Å²) in [5.41, 5.74) is 2.40. The summed E-state index contributed by atoms with van der Waals surface area (Å²) in [5, 5.41) is 21.5. The van der Waals surface area contributed by atoms with Gasteiger partial charge in [-0.1, -0.05) is 24.3 Å².